The molecule has 0 saturated carbocycles. The maximum Gasteiger partial charge on any atom is 0.410 e. The topological polar surface area (TPSA) is 70.0 Å². The highest BCUT2D eigenvalue weighted by Crippen LogP contribution is 2.22. The summed E-state index contributed by atoms with van der Waals surface area (Å²) < 4.78 is 18.6. The van der Waals surface area contributed by atoms with Gasteiger partial charge in [-0.1, -0.05) is 5.47 Å². The molecule has 5 nitrogen and oxygen atoms in total. The highest BCUT2D eigenvalue weighted by molar-refractivity contribution is 6.32. The fourth-order valence-electron chi connectivity index (χ4n) is 2.34. The molecule has 0 aromatic carbocycles. The number of hydrogen-bond acceptors (Lipinski definition) is 3. The van der Waals surface area contributed by atoms with Crippen LogP contribution < -0.4 is 5.32 Å². The van der Waals surface area contributed by atoms with Gasteiger partial charge in [0, 0.05) is 25.6 Å². The van der Waals surface area contributed by atoms with Crippen molar-refractivity contribution in [3.8, 4) is 0 Å². The lowest BCUT2D eigenvalue weighted by Crippen LogP contribution is -2.78. The molecule has 0 fully saturated rings. The van der Waals surface area contributed by atoms with Crippen LogP contribution in [0.5, 0.6) is 0 Å². The Balaban J connectivity index is 2.68. The predicted octanol–water partition coefficient (Wildman–Crippen LogP) is 2.02. The van der Waals surface area contributed by atoms with Gasteiger partial charge in [0.25, 0.3) is 0 Å². The van der Waals surface area contributed by atoms with E-state index in [-0.39, 0.29) is 17.3 Å². The van der Waals surface area contributed by atoms with Crippen molar-refractivity contribution in [1.29, 1.82) is 5.41 Å². The van der Waals surface area contributed by atoms with Crippen LogP contribution >= 0.6 is 0 Å². The minimum Gasteiger partial charge on any atom is -0.444 e. The molecule has 1 rings (SSSR count). The Morgan fingerprint density at radius 1 is 1.42 bits per heavy atom. The van der Waals surface area contributed by atoms with Crippen LogP contribution in [-0.2, 0) is 4.74 Å². The second-order valence-corrected chi connectivity index (χ2v) is 6.74. The van der Waals surface area contributed by atoms with E-state index in [1.165, 1.54) is 11.0 Å². The number of rotatable bonds is 5. The van der Waals surface area contributed by atoms with Crippen molar-refractivity contribution in [2.45, 2.75) is 39.2 Å². The van der Waals surface area contributed by atoms with Gasteiger partial charge in [-0.3, -0.25) is 5.41 Å². The summed E-state index contributed by atoms with van der Waals surface area (Å²) in [6.07, 6.45) is 3.33. The molecule has 3 N–H and O–H groups in total. The molecule has 1 aliphatic rings. The molecule has 7 heteroatoms. The summed E-state index contributed by atoms with van der Waals surface area (Å²) in [6.45, 7) is 5.98. The Bertz CT molecular complexity index is 603. The summed E-state index contributed by atoms with van der Waals surface area (Å²) in [6, 6.07) is 0. The van der Waals surface area contributed by atoms with Crippen molar-refractivity contribution in [3.05, 3.63) is 34.7 Å². The quantitative estimate of drug-likeness (QED) is 0.755. The van der Waals surface area contributed by atoms with Gasteiger partial charge in [0.05, 0.1) is 12.8 Å². The van der Waals surface area contributed by atoms with Crippen molar-refractivity contribution in [3.63, 3.8) is 0 Å². The van der Waals surface area contributed by atoms with Crippen LogP contribution in [0.25, 0.3) is 0 Å². The van der Waals surface area contributed by atoms with E-state index >= 15 is 0 Å². The van der Waals surface area contributed by atoms with Crippen LogP contribution in [0.4, 0.5) is 9.18 Å². The average molecular weight is 334 g/mol. The molecular weight excluding hydrogens is 308 g/mol. The van der Waals surface area contributed by atoms with E-state index in [2.05, 4.69) is 0 Å². The summed E-state index contributed by atoms with van der Waals surface area (Å²) in [4.78, 5) is 13.4. The normalized spacial score (nSPS) is 17.2. The van der Waals surface area contributed by atoms with Gasteiger partial charge in [-0.15, -0.1) is 0 Å². The minimum atomic E-state index is -0.525. The van der Waals surface area contributed by atoms with Crippen molar-refractivity contribution >= 4 is 19.7 Å². The Hall–Kier alpha value is -1.89. The number of nitrogens with zero attached hydrogens (tertiary/aromatic N) is 1. The molecule has 1 amide bonds. The second kappa shape index (κ2) is 8.28. The molecule has 0 heterocycles. The molecule has 0 saturated heterocycles. The SMILES string of the molecule is [B]C1=CC(F)=CC(=N)/C1=C(/CCCN(C)C(=O)OC(C)(C)C)[NH2+]C. The van der Waals surface area contributed by atoms with E-state index in [1.807, 2.05) is 33.1 Å². The van der Waals surface area contributed by atoms with Gasteiger partial charge in [-0.05, 0) is 39.3 Å². The number of nitrogens with one attached hydrogen (secondary N) is 1. The van der Waals surface area contributed by atoms with Crippen molar-refractivity contribution in [2.75, 3.05) is 20.6 Å². The smallest absolute Gasteiger partial charge is 0.410 e. The molecule has 0 spiro atoms. The summed E-state index contributed by atoms with van der Waals surface area (Å²) in [5.74, 6) is -0.513. The third kappa shape index (κ3) is 5.96. The van der Waals surface area contributed by atoms with E-state index in [0.717, 1.165) is 11.8 Å². The molecule has 0 bridgehead atoms. The third-order valence-electron chi connectivity index (χ3n) is 3.45. The lowest BCUT2D eigenvalue weighted by molar-refractivity contribution is -0.579. The van der Waals surface area contributed by atoms with Crippen LogP contribution in [0, 0.1) is 5.41 Å². The Labute approximate surface area is 144 Å². The van der Waals surface area contributed by atoms with Gasteiger partial charge in [0.2, 0.25) is 0 Å². The number of carbonyl (C=O) groups is 1. The molecule has 0 atom stereocenters. The van der Waals surface area contributed by atoms with Crippen LogP contribution in [0.1, 0.15) is 33.6 Å². The Morgan fingerprint density at radius 3 is 2.54 bits per heavy atom. The van der Waals surface area contributed by atoms with Gasteiger partial charge in [0.1, 0.15) is 25.0 Å². The van der Waals surface area contributed by atoms with Crippen LogP contribution in [0.15, 0.2) is 34.7 Å². The number of carbonyl (C=O) groups excluding carboxylic acids is 1. The van der Waals surface area contributed by atoms with E-state index < -0.39 is 11.4 Å². The molecular formula is C17H26BFN3O2+. The first-order chi connectivity index (χ1) is 11.0. The summed E-state index contributed by atoms with van der Waals surface area (Å²) in [5, 5.41) is 9.80. The number of allylic oxidation sites excluding steroid dienone is 6. The van der Waals surface area contributed by atoms with E-state index in [1.54, 1.807) is 7.05 Å². The molecule has 2 radical (unpaired) electrons. The number of amides is 1. The lowest BCUT2D eigenvalue weighted by Gasteiger charge is -2.24. The zero-order chi connectivity index (χ0) is 18.5. The first-order valence-electron chi connectivity index (χ1n) is 7.95. The van der Waals surface area contributed by atoms with Crippen molar-refractivity contribution in [2.24, 2.45) is 0 Å². The summed E-state index contributed by atoms with van der Waals surface area (Å²) in [5.41, 5.74) is 1.23. The summed E-state index contributed by atoms with van der Waals surface area (Å²) >= 11 is 0. The standard InChI is InChI=1S/C17H25BFN3O2/c1-17(2,3)24-16(23)22(5)8-6-7-14(21-4)15-12(18)9-11(19)10-13(15)20/h9-10,20-21H,6-8H2,1-5H3/p+1/b15-14-,20-13?. The second-order valence-electron chi connectivity index (χ2n) is 6.74. The maximum atomic E-state index is 13.3. The Kier molecular flexibility index (Phi) is 6.96. The van der Waals surface area contributed by atoms with Gasteiger partial charge >= 0.3 is 6.09 Å². The van der Waals surface area contributed by atoms with E-state index in [9.17, 15) is 9.18 Å². The zero-order valence-corrected chi connectivity index (χ0v) is 15.1. The van der Waals surface area contributed by atoms with Crippen molar-refractivity contribution < 1.29 is 19.2 Å². The van der Waals surface area contributed by atoms with E-state index in [4.69, 9.17) is 18.0 Å². The number of nitrogens with two attached hydrogens (primary N) is 1. The van der Waals surface area contributed by atoms with Crippen LogP contribution in [0.3, 0.4) is 0 Å². The van der Waals surface area contributed by atoms with Crippen molar-refractivity contribution in [1.82, 2.24) is 4.90 Å². The molecule has 0 aromatic heterocycles. The highest BCUT2D eigenvalue weighted by atomic mass is 19.1. The predicted molar refractivity (Wildman–Crippen MR) is 93.7 cm³/mol. The molecule has 24 heavy (non-hydrogen) atoms. The van der Waals surface area contributed by atoms with E-state index in [0.29, 0.717) is 25.0 Å². The molecule has 0 aromatic rings. The number of halogens is 1. The molecule has 0 unspecified atom stereocenters. The number of hydrogen-bond donors (Lipinski definition) is 2. The molecule has 130 valence electrons. The van der Waals surface area contributed by atoms with Gasteiger partial charge in [-0.25, -0.2) is 9.18 Å². The average Bonchev–Trinajstić information content (AvgIpc) is 2.42. The monoisotopic (exact) mass is 334 g/mol. The molecule has 0 aliphatic heterocycles. The lowest BCUT2D eigenvalue weighted by atomic mass is 9.80. The number of ether oxygens (including phenoxy) is 1. The number of quaternary nitrogens is 1. The van der Waals surface area contributed by atoms with Crippen LogP contribution in [-0.4, -0.2) is 50.8 Å². The molecule has 1 aliphatic carbocycles. The highest BCUT2D eigenvalue weighted by Gasteiger charge is 2.21. The van der Waals surface area contributed by atoms with Gasteiger partial charge < -0.3 is 15.0 Å². The van der Waals surface area contributed by atoms with Crippen LogP contribution in [0.2, 0.25) is 0 Å². The summed E-state index contributed by atoms with van der Waals surface area (Å²) in [7, 11) is 9.40. The Morgan fingerprint density at radius 2 is 2.04 bits per heavy atom. The fraction of sp³-hybridized carbons (Fsp3) is 0.529. The largest absolute Gasteiger partial charge is 0.444 e. The zero-order valence-electron chi connectivity index (χ0n) is 15.1. The minimum absolute atomic E-state index is 0.0705. The third-order valence-corrected chi connectivity index (χ3v) is 3.45. The maximum absolute atomic E-state index is 13.3. The first kappa shape index (κ1) is 20.2. The van der Waals surface area contributed by atoms with Gasteiger partial charge in [0.15, 0.2) is 0 Å². The fourth-order valence-corrected chi connectivity index (χ4v) is 2.34. The van der Waals surface area contributed by atoms with Gasteiger partial charge in [-0.2, -0.15) is 0 Å². The first-order valence-corrected chi connectivity index (χ1v) is 7.95.